The van der Waals surface area contributed by atoms with Crippen LogP contribution in [0, 0.1) is 5.82 Å². The van der Waals surface area contributed by atoms with E-state index in [2.05, 4.69) is 10.1 Å². The number of nitrogens with zero attached hydrogens (tertiary/aromatic N) is 3. The zero-order chi connectivity index (χ0) is 19.9. The van der Waals surface area contributed by atoms with Crippen LogP contribution in [-0.2, 0) is 10.0 Å². The van der Waals surface area contributed by atoms with E-state index in [9.17, 15) is 12.8 Å². The number of ether oxygens (including phenoxy) is 1. The molecule has 0 amide bonds. The summed E-state index contributed by atoms with van der Waals surface area (Å²) in [6.45, 7) is 0.304. The summed E-state index contributed by atoms with van der Waals surface area (Å²) < 4.78 is 50.7. The van der Waals surface area contributed by atoms with Crippen molar-refractivity contribution in [1.29, 1.82) is 0 Å². The zero-order valence-electron chi connectivity index (χ0n) is 14.7. The molecule has 10 heteroatoms. The molecule has 0 N–H and O–H groups in total. The van der Waals surface area contributed by atoms with Crippen molar-refractivity contribution in [3.05, 3.63) is 59.2 Å². The smallest absolute Gasteiger partial charge is 0.246 e. The SMILES string of the molecule is COc1ccc(F)cc1S(=O)(=O)N1CC(c2nc(-c3cccc(Cl)c3)no2)C1. The quantitative estimate of drug-likeness (QED) is 0.625. The van der Waals surface area contributed by atoms with Crippen molar-refractivity contribution in [2.24, 2.45) is 0 Å². The first kappa shape index (κ1) is 18.9. The maximum Gasteiger partial charge on any atom is 0.246 e. The van der Waals surface area contributed by atoms with Crippen LogP contribution in [0.5, 0.6) is 5.75 Å². The molecule has 0 bridgehead atoms. The molecule has 1 aromatic heterocycles. The number of halogens is 2. The minimum absolute atomic E-state index is 0.0888. The van der Waals surface area contributed by atoms with Crippen LogP contribution in [0.4, 0.5) is 4.39 Å². The van der Waals surface area contributed by atoms with Gasteiger partial charge in [-0.05, 0) is 30.3 Å². The van der Waals surface area contributed by atoms with Gasteiger partial charge in [0.05, 0.1) is 13.0 Å². The Morgan fingerprint density at radius 3 is 2.75 bits per heavy atom. The predicted octanol–water partition coefficient (Wildman–Crippen LogP) is 3.33. The average Bonchev–Trinajstić information content (AvgIpc) is 3.10. The van der Waals surface area contributed by atoms with E-state index in [1.807, 2.05) is 0 Å². The monoisotopic (exact) mass is 423 g/mol. The Hall–Kier alpha value is -2.49. The van der Waals surface area contributed by atoms with Crippen molar-refractivity contribution >= 4 is 21.6 Å². The van der Waals surface area contributed by atoms with E-state index in [0.717, 1.165) is 12.1 Å². The van der Waals surface area contributed by atoms with Crippen molar-refractivity contribution in [1.82, 2.24) is 14.4 Å². The summed E-state index contributed by atoms with van der Waals surface area (Å²) in [5.41, 5.74) is 0.704. The maximum absolute atomic E-state index is 13.6. The molecule has 1 fully saturated rings. The van der Waals surface area contributed by atoms with Gasteiger partial charge in [-0.2, -0.15) is 9.29 Å². The van der Waals surface area contributed by atoms with Gasteiger partial charge in [0.1, 0.15) is 16.5 Å². The number of benzene rings is 2. The number of methoxy groups -OCH3 is 1. The fourth-order valence-corrected chi connectivity index (χ4v) is 4.82. The second kappa shape index (κ2) is 7.16. The predicted molar refractivity (Wildman–Crippen MR) is 99.2 cm³/mol. The Kier molecular flexibility index (Phi) is 4.82. The molecule has 28 heavy (non-hydrogen) atoms. The molecule has 0 unspecified atom stereocenters. The number of hydrogen-bond donors (Lipinski definition) is 0. The van der Waals surface area contributed by atoms with Crippen molar-refractivity contribution in [3.8, 4) is 17.1 Å². The molecule has 0 spiro atoms. The van der Waals surface area contributed by atoms with Crippen LogP contribution in [0.1, 0.15) is 11.8 Å². The molecule has 3 aromatic rings. The van der Waals surface area contributed by atoms with E-state index in [-0.39, 0.29) is 29.7 Å². The van der Waals surface area contributed by atoms with Crippen molar-refractivity contribution in [3.63, 3.8) is 0 Å². The van der Waals surface area contributed by atoms with Crippen LogP contribution in [0.2, 0.25) is 5.02 Å². The summed E-state index contributed by atoms with van der Waals surface area (Å²) in [4.78, 5) is 4.13. The maximum atomic E-state index is 13.6. The largest absolute Gasteiger partial charge is 0.495 e. The Balaban J connectivity index is 1.51. The molecule has 1 aliphatic rings. The lowest BCUT2D eigenvalue weighted by molar-refractivity contribution is 0.216. The summed E-state index contributed by atoms with van der Waals surface area (Å²) in [5, 5.41) is 4.48. The molecular formula is C18H15ClFN3O4S. The lowest BCUT2D eigenvalue weighted by Gasteiger charge is -2.36. The normalized spacial score (nSPS) is 15.4. The number of rotatable bonds is 5. The summed E-state index contributed by atoms with van der Waals surface area (Å²) in [5.74, 6) is -0.0848. The first-order chi connectivity index (χ1) is 13.4. The van der Waals surface area contributed by atoms with E-state index >= 15 is 0 Å². The molecule has 4 rings (SSSR count). The van der Waals surface area contributed by atoms with Crippen molar-refractivity contribution in [2.45, 2.75) is 10.8 Å². The van der Waals surface area contributed by atoms with Gasteiger partial charge in [-0.25, -0.2) is 12.8 Å². The van der Waals surface area contributed by atoms with Gasteiger partial charge in [0.15, 0.2) is 0 Å². The molecule has 1 saturated heterocycles. The van der Waals surface area contributed by atoms with Gasteiger partial charge >= 0.3 is 0 Å². The zero-order valence-corrected chi connectivity index (χ0v) is 16.2. The second-order valence-corrected chi connectivity index (χ2v) is 8.62. The summed E-state index contributed by atoms with van der Waals surface area (Å²) in [6.07, 6.45) is 0. The standard InChI is InChI=1S/C18H15ClFN3O4S/c1-26-15-6-5-14(20)8-16(15)28(24,25)23-9-12(10-23)18-21-17(22-27-18)11-3-2-4-13(19)7-11/h2-8,12H,9-10H2,1H3. The van der Waals surface area contributed by atoms with Crippen molar-refractivity contribution < 1.29 is 22.1 Å². The fourth-order valence-electron chi connectivity index (χ4n) is 2.93. The van der Waals surface area contributed by atoms with E-state index < -0.39 is 15.8 Å². The minimum atomic E-state index is -3.90. The van der Waals surface area contributed by atoms with Crippen LogP contribution >= 0.6 is 11.6 Å². The molecule has 146 valence electrons. The lowest BCUT2D eigenvalue weighted by atomic mass is 10.0. The molecule has 2 heterocycles. The third-order valence-corrected chi connectivity index (χ3v) is 6.55. The number of sulfonamides is 1. The molecule has 0 aliphatic carbocycles. The average molecular weight is 424 g/mol. The topological polar surface area (TPSA) is 85.5 Å². The molecule has 0 radical (unpaired) electrons. The number of aromatic nitrogens is 2. The van der Waals surface area contributed by atoms with Crippen LogP contribution < -0.4 is 4.74 Å². The van der Waals surface area contributed by atoms with E-state index in [1.165, 1.54) is 17.5 Å². The highest BCUT2D eigenvalue weighted by Gasteiger charge is 2.41. The highest BCUT2D eigenvalue weighted by atomic mass is 35.5. The third-order valence-electron chi connectivity index (χ3n) is 4.47. The number of hydrogen-bond acceptors (Lipinski definition) is 6. The molecule has 0 saturated carbocycles. The molecule has 2 aromatic carbocycles. The van der Waals surface area contributed by atoms with Gasteiger partial charge < -0.3 is 9.26 Å². The van der Waals surface area contributed by atoms with Gasteiger partial charge in [-0.15, -0.1) is 0 Å². The van der Waals surface area contributed by atoms with Crippen LogP contribution in [0.25, 0.3) is 11.4 Å². The van der Waals surface area contributed by atoms with E-state index in [0.29, 0.717) is 22.3 Å². The van der Waals surface area contributed by atoms with Crippen LogP contribution in [0.3, 0.4) is 0 Å². The highest BCUT2D eigenvalue weighted by molar-refractivity contribution is 7.89. The summed E-state index contributed by atoms with van der Waals surface area (Å²) in [7, 11) is -2.56. The minimum Gasteiger partial charge on any atom is -0.495 e. The summed E-state index contributed by atoms with van der Waals surface area (Å²) in [6, 6.07) is 10.4. The first-order valence-corrected chi connectivity index (χ1v) is 10.1. The lowest BCUT2D eigenvalue weighted by Crippen LogP contribution is -2.48. The summed E-state index contributed by atoms with van der Waals surface area (Å²) >= 11 is 5.97. The molecule has 0 atom stereocenters. The molecule has 1 aliphatic heterocycles. The second-order valence-electron chi connectivity index (χ2n) is 6.28. The van der Waals surface area contributed by atoms with Crippen LogP contribution in [0.15, 0.2) is 51.9 Å². The van der Waals surface area contributed by atoms with Gasteiger partial charge in [0.25, 0.3) is 0 Å². The van der Waals surface area contributed by atoms with Crippen molar-refractivity contribution in [2.75, 3.05) is 20.2 Å². The highest BCUT2D eigenvalue weighted by Crippen LogP contribution is 2.35. The van der Waals surface area contributed by atoms with E-state index in [4.69, 9.17) is 20.9 Å². The Morgan fingerprint density at radius 1 is 1.25 bits per heavy atom. The van der Waals surface area contributed by atoms with Gasteiger partial charge in [0.2, 0.25) is 21.7 Å². The molecule has 7 nitrogen and oxygen atoms in total. The third kappa shape index (κ3) is 3.36. The Labute approximate surface area is 165 Å². The van der Waals surface area contributed by atoms with Gasteiger partial charge in [-0.1, -0.05) is 28.9 Å². The Bertz CT molecular complexity index is 1130. The Morgan fingerprint density at radius 2 is 2.04 bits per heavy atom. The van der Waals surface area contributed by atoms with Gasteiger partial charge in [-0.3, -0.25) is 0 Å². The molecular weight excluding hydrogens is 409 g/mol. The fraction of sp³-hybridized carbons (Fsp3) is 0.222. The van der Waals surface area contributed by atoms with Crippen LogP contribution in [-0.4, -0.2) is 43.1 Å². The van der Waals surface area contributed by atoms with E-state index in [1.54, 1.807) is 24.3 Å². The van der Waals surface area contributed by atoms with Gasteiger partial charge in [0, 0.05) is 23.7 Å². The first-order valence-electron chi connectivity index (χ1n) is 8.31.